The van der Waals surface area contributed by atoms with Crippen molar-refractivity contribution < 1.29 is 14.0 Å². The molecule has 0 atom stereocenters. The van der Waals surface area contributed by atoms with Crippen molar-refractivity contribution in [2.75, 3.05) is 13.1 Å². The van der Waals surface area contributed by atoms with Gasteiger partial charge in [0.05, 0.1) is 12.1 Å². The van der Waals surface area contributed by atoms with Gasteiger partial charge in [-0.25, -0.2) is 4.39 Å². The van der Waals surface area contributed by atoms with Crippen LogP contribution in [0.15, 0.2) is 24.3 Å². The average Bonchev–Trinajstić information content (AvgIpc) is 2.32. The molecule has 0 radical (unpaired) electrons. The number of carbonyl (C=O) groups is 2. The number of likely N-dealkylation sites (tertiary alicyclic amines) is 1. The van der Waals surface area contributed by atoms with Crippen LogP contribution in [0.3, 0.4) is 0 Å². The van der Waals surface area contributed by atoms with Gasteiger partial charge in [0.25, 0.3) is 5.91 Å². The number of carbonyl (C=O) groups excluding carboxylic acids is 2. The quantitative estimate of drug-likeness (QED) is 0.765. The van der Waals surface area contributed by atoms with E-state index in [0.717, 1.165) is 0 Å². The number of hydrogen-bond donors (Lipinski definition) is 0. The summed E-state index contributed by atoms with van der Waals surface area (Å²) in [6, 6.07) is 5.85. The molecule has 18 heavy (non-hydrogen) atoms. The van der Waals surface area contributed by atoms with Crippen LogP contribution in [-0.4, -0.2) is 29.7 Å². The summed E-state index contributed by atoms with van der Waals surface area (Å²) in [5, 5.41) is 0. The molecule has 1 fully saturated rings. The van der Waals surface area contributed by atoms with Gasteiger partial charge in [-0.2, -0.15) is 0 Å². The van der Waals surface area contributed by atoms with Gasteiger partial charge in [-0.15, -0.1) is 0 Å². The minimum Gasteiger partial charge on any atom is -0.331 e. The first kappa shape index (κ1) is 12.7. The maximum Gasteiger partial charge on any atom is 0.257 e. The Morgan fingerprint density at radius 1 is 1.33 bits per heavy atom. The van der Waals surface area contributed by atoms with Gasteiger partial charge in [0, 0.05) is 12.0 Å². The van der Waals surface area contributed by atoms with Crippen LogP contribution in [0.4, 0.5) is 4.39 Å². The zero-order valence-electron chi connectivity index (χ0n) is 10.6. The molecule has 1 aliphatic heterocycles. The molecule has 96 valence electrons. The summed E-state index contributed by atoms with van der Waals surface area (Å²) >= 11 is 0. The summed E-state index contributed by atoms with van der Waals surface area (Å²) in [4.78, 5) is 25.4. The zero-order valence-corrected chi connectivity index (χ0v) is 10.6. The lowest BCUT2D eigenvalue weighted by Crippen LogP contribution is -2.47. The number of Topliss-reactive ketones (excluding diaryl/α,β-unsaturated/α-hetero) is 1. The van der Waals surface area contributed by atoms with Crippen molar-refractivity contribution in [3.05, 3.63) is 35.6 Å². The van der Waals surface area contributed by atoms with E-state index in [9.17, 15) is 14.0 Å². The van der Waals surface area contributed by atoms with Crippen molar-refractivity contribution in [1.29, 1.82) is 0 Å². The highest BCUT2D eigenvalue weighted by atomic mass is 19.1. The Kier molecular flexibility index (Phi) is 3.20. The molecule has 1 aliphatic rings. The minimum absolute atomic E-state index is 0.0263. The van der Waals surface area contributed by atoms with Gasteiger partial charge in [0.15, 0.2) is 5.78 Å². The smallest absolute Gasteiger partial charge is 0.257 e. The van der Waals surface area contributed by atoms with Crippen LogP contribution in [0.25, 0.3) is 0 Å². The van der Waals surface area contributed by atoms with E-state index in [1.165, 1.54) is 23.1 Å². The van der Waals surface area contributed by atoms with E-state index in [2.05, 4.69) is 0 Å². The maximum atomic E-state index is 13.5. The highest BCUT2D eigenvalue weighted by Gasteiger charge is 2.36. The van der Waals surface area contributed by atoms with E-state index in [1.807, 2.05) is 13.8 Å². The zero-order chi connectivity index (χ0) is 13.3. The van der Waals surface area contributed by atoms with E-state index in [0.29, 0.717) is 13.0 Å². The summed E-state index contributed by atoms with van der Waals surface area (Å²) in [5.74, 6) is -0.921. The average molecular weight is 249 g/mol. The van der Waals surface area contributed by atoms with Crippen molar-refractivity contribution in [1.82, 2.24) is 4.90 Å². The third-order valence-corrected chi connectivity index (χ3v) is 3.49. The van der Waals surface area contributed by atoms with E-state index < -0.39 is 11.7 Å². The molecule has 0 saturated carbocycles. The van der Waals surface area contributed by atoms with E-state index in [1.54, 1.807) is 6.07 Å². The Balaban J connectivity index is 2.17. The first-order chi connectivity index (χ1) is 8.42. The number of amides is 1. The Bertz CT molecular complexity index is 496. The molecule has 2 rings (SSSR count). The fourth-order valence-corrected chi connectivity index (χ4v) is 2.00. The second-order valence-corrected chi connectivity index (χ2v) is 5.26. The predicted molar refractivity (Wildman–Crippen MR) is 65.7 cm³/mol. The number of benzene rings is 1. The molecule has 0 bridgehead atoms. The van der Waals surface area contributed by atoms with Gasteiger partial charge in [-0.1, -0.05) is 26.0 Å². The van der Waals surface area contributed by atoms with Crippen molar-refractivity contribution in [3.63, 3.8) is 0 Å². The summed E-state index contributed by atoms with van der Waals surface area (Å²) in [6.07, 6.45) is 0.617. The number of piperidine rings is 1. The normalized spacial score (nSPS) is 18.8. The first-order valence-electron chi connectivity index (χ1n) is 5.99. The van der Waals surface area contributed by atoms with Crippen LogP contribution < -0.4 is 0 Å². The monoisotopic (exact) mass is 249 g/mol. The van der Waals surface area contributed by atoms with E-state index >= 15 is 0 Å². The Morgan fingerprint density at radius 3 is 2.61 bits per heavy atom. The van der Waals surface area contributed by atoms with Crippen LogP contribution >= 0.6 is 0 Å². The van der Waals surface area contributed by atoms with Gasteiger partial charge < -0.3 is 4.90 Å². The van der Waals surface area contributed by atoms with Crippen LogP contribution in [-0.2, 0) is 4.79 Å². The number of halogens is 1. The van der Waals surface area contributed by atoms with Gasteiger partial charge in [0.1, 0.15) is 5.82 Å². The fourth-order valence-electron chi connectivity index (χ4n) is 2.00. The Labute approximate surface area is 106 Å². The van der Waals surface area contributed by atoms with Crippen LogP contribution in [0, 0.1) is 11.2 Å². The number of hydrogen-bond acceptors (Lipinski definition) is 2. The topological polar surface area (TPSA) is 37.4 Å². The number of nitrogens with zero attached hydrogens (tertiary/aromatic N) is 1. The summed E-state index contributed by atoms with van der Waals surface area (Å²) < 4.78 is 13.5. The Morgan fingerprint density at radius 2 is 2.00 bits per heavy atom. The van der Waals surface area contributed by atoms with Crippen LogP contribution in [0.2, 0.25) is 0 Å². The summed E-state index contributed by atoms with van der Waals surface area (Å²) in [6.45, 7) is 4.31. The minimum atomic E-state index is -0.542. The predicted octanol–water partition coefficient (Wildman–Crippen LogP) is 2.27. The molecule has 0 unspecified atom stereocenters. The van der Waals surface area contributed by atoms with Crippen LogP contribution in [0.1, 0.15) is 30.6 Å². The second-order valence-electron chi connectivity index (χ2n) is 5.26. The Hall–Kier alpha value is -1.71. The highest BCUT2D eigenvalue weighted by Crippen LogP contribution is 2.27. The van der Waals surface area contributed by atoms with Gasteiger partial charge >= 0.3 is 0 Å². The molecule has 1 amide bonds. The van der Waals surface area contributed by atoms with Gasteiger partial charge in [-0.05, 0) is 18.6 Å². The molecule has 1 heterocycles. The third-order valence-electron chi connectivity index (χ3n) is 3.49. The first-order valence-corrected chi connectivity index (χ1v) is 5.99. The van der Waals surface area contributed by atoms with Crippen molar-refractivity contribution >= 4 is 11.7 Å². The SMILES string of the molecule is CC1(C)CCN(C(=O)c2ccccc2F)CC1=O. The van der Waals surface area contributed by atoms with Crippen LogP contribution in [0.5, 0.6) is 0 Å². The summed E-state index contributed by atoms with van der Waals surface area (Å²) in [5.41, 5.74) is -0.351. The van der Waals surface area contributed by atoms with Crippen molar-refractivity contribution in [2.45, 2.75) is 20.3 Å². The lowest BCUT2D eigenvalue weighted by atomic mass is 9.81. The van der Waals surface area contributed by atoms with Crippen molar-refractivity contribution in [2.24, 2.45) is 5.41 Å². The third kappa shape index (κ3) is 2.28. The van der Waals surface area contributed by atoms with E-state index in [-0.39, 0.29) is 23.3 Å². The molecule has 4 heteroatoms. The van der Waals surface area contributed by atoms with Crippen molar-refractivity contribution in [3.8, 4) is 0 Å². The molecular formula is C14H16FNO2. The lowest BCUT2D eigenvalue weighted by Gasteiger charge is -2.35. The molecule has 3 nitrogen and oxygen atoms in total. The van der Waals surface area contributed by atoms with Gasteiger partial charge in [0.2, 0.25) is 0 Å². The van der Waals surface area contributed by atoms with E-state index in [4.69, 9.17) is 0 Å². The largest absolute Gasteiger partial charge is 0.331 e. The molecule has 0 N–H and O–H groups in total. The maximum absolute atomic E-state index is 13.5. The van der Waals surface area contributed by atoms with Gasteiger partial charge in [-0.3, -0.25) is 9.59 Å². The molecule has 1 aromatic rings. The molecule has 0 aromatic heterocycles. The second kappa shape index (κ2) is 4.52. The highest BCUT2D eigenvalue weighted by molar-refractivity contribution is 5.98. The lowest BCUT2D eigenvalue weighted by molar-refractivity contribution is -0.130. The molecule has 0 spiro atoms. The fraction of sp³-hybridized carbons (Fsp3) is 0.429. The molecular weight excluding hydrogens is 233 g/mol. The number of ketones is 1. The molecule has 1 aromatic carbocycles. The summed E-state index contributed by atoms with van der Waals surface area (Å²) in [7, 11) is 0. The standard InChI is InChI=1S/C14H16FNO2/c1-14(2)7-8-16(9-12(14)17)13(18)10-5-3-4-6-11(10)15/h3-6H,7-9H2,1-2H3. The molecule has 0 aliphatic carbocycles. The molecule has 1 saturated heterocycles. The number of rotatable bonds is 1.